The molecule has 2 heteroatoms. The van der Waals surface area contributed by atoms with Gasteiger partial charge in [0.1, 0.15) is 11.6 Å². The standard InChI is InChI=1S/2C6H12O/c2*1-5(7)6(2,3)4/h2*1-4H3. The van der Waals surface area contributed by atoms with Crippen molar-refractivity contribution in [1.82, 2.24) is 0 Å². The van der Waals surface area contributed by atoms with Gasteiger partial charge >= 0.3 is 0 Å². The van der Waals surface area contributed by atoms with E-state index in [1.165, 1.54) is 0 Å². The zero-order chi connectivity index (χ0) is 12.2. The molecule has 0 rings (SSSR count). The van der Waals surface area contributed by atoms with Gasteiger partial charge in [0.25, 0.3) is 0 Å². The highest BCUT2D eigenvalue weighted by Crippen LogP contribution is 2.13. The Kier molecular flexibility index (Phi) is 5.95. The van der Waals surface area contributed by atoms with Crippen molar-refractivity contribution in [3.05, 3.63) is 0 Å². The lowest BCUT2D eigenvalue weighted by Crippen LogP contribution is -2.15. The summed E-state index contributed by atoms with van der Waals surface area (Å²) in [5.41, 5.74) is -0.278. The number of ketones is 2. The lowest BCUT2D eigenvalue weighted by molar-refractivity contribution is -0.124. The van der Waals surface area contributed by atoms with Crippen molar-refractivity contribution >= 4 is 11.6 Å². The molecule has 0 heterocycles. The second kappa shape index (κ2) is 5.28. The highest BCUT2D eigenvalue weighted by atomic mass is 16.1. The van der Waals surface area contributed by atoms with Gasteiger partial charge in [-0.3, -0.25) is 9.59 Å². The van der Waals surface area contributed by atoms with Crippen LogP contribution in [-0.2, 0) is 9.59 Å². The van der Waals surface area contributed by atoms with Gasteiger partial charge in [0.2, 0.25) is 0 Å². The van der Waals surface area contributed by atoms with Crippen LogP contribution in [0.5, 0.6) is 0 Å². The molecule has 2 nitrogen and oxygen atoms in total. The molecule has 0 spiro atoms. The highest BCUT2D eigenvalue weighted by molar-refractivity contribution is 5.81. The zero-order valence-corrected chi connectivity index (χ0v) is 10.8. The van der Waals surface area contributed by atoms with E-state index in [2.05, 4.69) is 0 Å². The normalized spacial score (nSPS) is 11.4. The quantitative estimate of drug-likeness (QED) is 0.601. The highest BCUT2D eigenvalue weighted by Gasteiger charge is 2.15. The second-order valence-electron chi connectivity index (χ2n) is 5.61. The molecule has 0 radical (unpaired) electrons. The van der Waals surface area contributed by atoms with Gasteiger partial charge in [-0.15, -0.1) is 0 Å². The molecule has 0 aromatic heterocycles. The van der Waals surface area contributed by atoms with Gasteiger partial charge in [0.15, 0.2) is 0 Å². The van der Waals surface area contributed by atoms with Crippen molar-refractivity contribution in [2.24, 2.45) is 10.8 Å². The molecule has 0 unspecified atom stereocenters. The van der Waals surface area contributed by atoms with Gasteiger partial charge in [-0.1, -0.05) is 41.5 Å². The fourth-order valence-corrected chi connectivity index (χ4v) is 0. The average molecular weight is 200 g/mol. The summed E-state index contributed by atoms with van der Waals surface area (Å²) >= 11 is 0. The third-order valence-electron chi connectivity index (χ3n) is 2.11. The van der Waals surface area contributed by atoms with Crippen molar-refractivity contribution in [3.8, 4) is 0 Å². The Morgan fingerprint density at radius 3 is 0.714 bits per heavy atom. The minimum absolute atomic E-state index is 0.139. The van der Waals surface area contributed by atoms with Gasteiger partial charge < -0.3 is 0 Å². The van der Waals surface area contributed by atoms with E-state index < -0.39 is 0 Å². The molecule has 0 N–H and O–H groups in total. The first-order chi connectivity index (χ1) is 5.89. The number of carbonyl (C=O) groups excluding carboxylic acids is 2. The van der Waals surface area contributed by atoms with Gasteiger partial charge in [0, 0.05) is 10.8 Å². The van der Waals surface area contributed by atoms with E-state index in [-0.39, 0.29) is 22.4 Å². The predicted molar refractivity (Wildman–Crippen MR) is 60.3 cm³/mol. The Hall–Kier alpha value is -0.660. The summed E-state index contributed by atoms with van der Waals surface area (Å²) in [5.74, 6) is 0.486. The molecule has 0 fully saturated rings. The van der Waals surface area contributed by atoms with E-state index in [0.717, 1.165) is 0 Å². The van der Waals surface area contributed by atoms with Gasteiger partial charge in [-0.25, -0.2) is 0 Å². The van der Waals surface area contributed by atoms with Crippen LogP contribution < -0.4 is 0 Å². The van der Waals surface area contributed by atoms with Crippen molar-refractivity contribution in [3.63, 3.8) is 0 Å². The molecule has 0 aromatic carbocycles. The van der Waals surface area contributed by atoms with Crippen LogP contribution in [0.4, 0.5) is 0 Å². The molecule has 0 saturated heterocycles. The third kappa shape index (κ3) is 9.43. The second-order valence-corrected chi connectivity index (χ2v) is 5.61. The Bertz CT molecular complexity index is 177. The van der Waals surface area contributed by atoms with Crippen LogP contribution in [0, 0.1) is 10.8 Å². The molecule has 0 saturated carbocycles. The van der Waals surface area contributed by atoms with Crippen LogP contribution in [0.3, 0.4) is 0 Å². The van der Waals surface area contributed by atoms with Crippen LogP contribution >= 0.6 is 0 Å². The molecule has 0 amide bonds. The molecule has 0 aliphatic rings. The summed E-state index contributed by atoms with van der Waals surface area (Å²) in [4.78, 5) is 20.9. The number of hydrogen-bond donors (Lipinski definition) is 0. The Labute approximate surface area is 88.1 Å². The molecule has 14 heavy (non-hydrogen) atoms. The molecule has 0 aromatic rings. The summed E-state index contributed by atoms with van der Waals surface area (Å²) in [7, 11) is 0. The van der Waals surface area contributed by atoms with Crippen molar-refractivity contribution in [2.75, 3.05) is 0 Å². The Morgan fingerprint density at radius 2 is 0.714 bits per heavy atom. The van der Waals surface area contributed by atoms with Gasteiger partial charge in [0.05, 0.1) is 0 Å². The predicted octanol–water partition coefficient (Wildman–Crippen LogP) is 3.24. The van der Waals surface area contributed by atoms with E-state index in [9.17, 15) is 9.59 Å². The fraction of sp³-hybridized carbons (Fsp3) is 0.833. The first-order valence-corrected chi connectivity index (χ1v) is 4.91. The van der Waals surface area contributed by atoms with Crippen LogP contribution in [0.15, 0.2) is 0 Å². The van der Waals surface area contributed by atoms with Gasteiger partial charge in [-0.2, -0.15) is 0 Å². The molecular weight excluding hydrogens is 176 g/mol. The lowest BCUT2D eigenvalue weighted by Gasteiger charge is -2.11. The van der Waals surface area contributed by atoms with Crippen LogP contribution in [0.1, 0.15) is 55.4 Å². The van der Waals surface area contributed by atoms with E-state index in [1.807, 2.05) is 41.5 Å². The smallest absolute Gasteiger partial charge is 0.135 e. The lowest BCUT2D eigenvalue weighted by atomic mass is 9.92. The Balaban J connectivity index is 0. The van der Waals surface area contributed by atoms with Crippen LogP contribution in [-0.4, -0.2) is 11.6 Å². The van der Waals surface area contributed by atoms with Crippen molar-refractivity contribution < 1.29 is 9.59 Å². The number of hydrogen-bond acceptors (Lipinski definition) is 2. The van der Waals surface area contributed by atoms with Gasteiger partial charge in [-0.05, 0) is 13.8 Å². The summed E-state index contributed by atoms with van der Waals surface area (Å²) in [6.45, 7) is 14.7. The number of rotatable bonds is 0. The molecule has 0 atom stereocenters. The average Bonchev–Trinajstić information content (AvgIpc) is 1.83. The largest absolute Gasteiger partial charge is 0.299 e. The summed E-state index contributed by atoms with van der Waals surface area (Å²) in [6.07, 6.45) is 0. The zero-order valence-electron chi connectivity index (χ0n) is 10.8. The third-order valence-corrected chi connectivity index (χ3v) is 2.11. The van der Waals surface area contributed by atoms with Crippen molar-refractivity contribution in [2.45, 2.75) is 55.4 Å². The van der Waals surface area contributed by atoms with Crippen molar-refractivity contribution in [1.29, 1.82) is 0 Å². The van der Waals surface area contributed by atoms with E-state index >= 15 is 0 Å². The molecule has 0 aliphatic carbocycles. The van der Waals surface area contributed by atoms with Crippen LogP contribution in [0.25, 0.3) is 0 Å². The topological polar surface area (TPSA) is 34.1 Å². The summed E-state index contributed by atoms with van der Waals surface area (Å²) in [5, 5.41) is 0. The first kappa shape index (κ1) is 15.8. The minimum atomic E-state index is -0.139. The number of carbonyl (C=O) groups is 2. The summed E-state index contributed by atoms with van der Waals surface area (Å²) < 4.78 is 0. The molecule has 84 valence electrons. The summed E-state index contributed by atoms with van der Waals surface area (Å²) in [6, 6.07) is 0. The number of Topliss-reactive ketones (excluding diaryl/α,β-unsaturated/α-hetero) is 2. The molecule has 0 aliphatic heterocycles. The minimum Gasteiger partial charge on any atom is -0.299 e. The fourth-order valence-electron chi connectivity index (χ4n) is 0. The van der Waals surface area contributed by atoms with E-state index in [0.29, 0.717) is 0 Å². The van der Waals surface area contributed by atoms with E-state index in [1.54, 1.807) is 13.8 Å². The first-order valence-electron chi connectivity index (χ1n) is 4.91. The molecular formula is C12H24O2. The maximum atomic E-state index is 10.5. The van der Waals surface area contributed by atoms with Crippen LogP contribution in [0.2, 0.25) is 0 Å². The molecule has 0 bridgehead atoms. The maximum Gasteiger partial charge on any atom is 0.135 e. The SMILES string of the molecule is CC(=O)C(C)(C)C.CC(=O)C(C)(C)C. The van der Waals surface area contributed by atoms with E-state index in [4.69, 9.17) is 0 Å². The Morgan fingerprint density at radius 1 is 0.643 bits per heavy atom. The maximum absolute atomic E-state index is 10.5. The monoisotopic (exact) mass is 200 g/mol.